The maximum atomic E-state index is 15.0. The Morgan fingerprint density at radius 1 is 1.14 bits per heavy atom. The molecule has 4 rings (SSSR count). The molecule has 0 aliphatic heterocycles. The fourth-order valence-corrected chi connectivity index (χ4v) is 3.38. The van der Waals surface area contributed by atoms with Gasteiger partial charge < -0.3 is 10.1 Å². The minimum Gasteiger partial charge on any atom is -0.483 e. The van der Waals surface area contributed by atoms with Gasteiger partial charge in [-0.2, -0.15) is 23.0 Å². The largest absolute Gasteiger partial charge is 0.483 e. The predicted octanol–water partition coefficient (Wildman–Crippen LogP) is 4.36. The lowest BCUT2D eigenvalue weighted by Crippen LogP contribution is -2.26. The molecule has 1 heterocycles. The molecule has 0 unspecified atom stereocenters. The molecule has 0 saturated heterocycles. The van der Waals surface area contributed by atoms with Crippen LogP contribution in [0.5, 0.6) is 5.75 Å². The zero-order chi connectivity index (χ0) is 25.5. The van der Waals surface area contributed by atoms with Crippen LogP contribution < -0.4 is 15.7 Å². The molecule has 35 heavy (non-hydrogen) atoms. The summed E-state index contributed by atoms with van der Waals surface area (Å²) in [6.07, 6.45) is -2.97. The van der Waals surface area contributed by atoms with Crippen LogP contribution in [0, 0.1) is 30.3 Å². The second-order valence-corrected chi connectivity index (χ2v) is 8.05. The number of benzene rings is 2. The number of ether oxygens (including phenoxy) is 1. The molecule has 0 bridgehead atoms. The summed E-state index contributed by atoms with van der Waals surface area (Å²) in [7, 11) is 0. The molecular formula is C22H18F6N4O3. The van der Waals surface area contributed by atoms with Crippen molar-refractivity contribution in [2.75, 3.05) is 11.9 Å². The van der Waals surface area contributed by atoms with Gasteiger partial charge in [-0.1, -0.05) is 6.07 Å². The number of para-hydroxylation sites is 1. The van der Waals surface area contributed by atoms with E-state index < -0.39 is 64.5 Å². The van der Waals surface area contributed by atoms with Crippen molar-refractivity contribution in [3.05, 3.63) is 69.7 Å². The fourth-order valence-electron chi connectivity index (χ4n) is 3.38. The molecule has 186 valence electrons. The number of halogens is 6. The van der Waals surface area contributed by atoms with Gasteiger partial charge in [0.2, 0.25) is 0 Å². The van der Waals surface area contributed by atoms with E-state index in [1.807, 2.05) is 5.32 Å². The van der Waals surface area contributed by atoms with Crippen molar-refractivity contribution in [3.8, 4) is 11.4 Å². The van der Waals surface area contributed by atoms with E-state index in [1.165, 1.54) is 11.5 Å². The number of alkyl halides is 3. The van der Waals surface area contributed by atoms with Gasteiger partial charge in [0.05, 0.1) is 5.56 Å². The van der Waals surface area contributed by atoms with E-state index in [2.05, 4.69) is 5.10 Å². The number of carbonyl (C=O) groups is 1. The van der Waals surface area contributed by atoms with Crippen LogP contribution in [0.25, 0.3) is 5.69 Å². The molecule has 0 radical (unpaired) electrons. The molecule has 1 aliphatic carbocycles. The smallest absolute Gasteiger partial charge is 0.422 e. The summed E-state index contributed by atoms with van der Waals surface area (Å²) in [6.45, 7) is 0.0267. The summed E-state index contributed by atoms with van der Waals surface area (Å²) >= 11 is 0. The van der Waals surface area contributed by atoms with E-state index in [-0.39, 0.29) is 11.7 Å². The molecular weight excluding hydrogens is 482 g/mol. The van der Waals surface area contributed by atoms with Crippen LogP contribution in [0.3, 0.4) is 0 Å². The molecule has 0 atom stereocenters. The quantitative estimate of drug-likeness (QED) is 0.489. The van der Waals surface area contributed by atoms with Crippen LogP contribution in [-0.2, 0) is 6.54 Å². The first-order chi connectivity index (χ1) is 16.4. The maximum absolute atomic E-state index is 15.0. The predicted molar refractivity (Wildman–Crippen MR) is 111 cm³/mol. The average molecular weight is 500 g/mol. The van der Waals surface area contributed by atoms with Gasteiger partial charge in [-0.15, -0.1) is 0 Å². The summed E-state index contributed by atoms with van der Waals surface area (Å²) < 4.78 is 88.0. The highest BCUT2D eigenvalue weighted by Crippen LogP contribution is 2.31. The molecule has 1 saturated carbocycles. The molecule has 3 aromatic rings. The number of hydrogen-bond acceptors (Lipinski definition) is 4. The Kier molecular flexibility index (Phi) is 6.34. The van der Waals surface area contributed by atoms with Gasteiger partial charge in [0, 0.05) is 12.6 Å². The van der Waals surface area contributed by atoms with Crippen molar-refractivity contribution in [2.24, 2.45) is 5.92 Å². The second kappa shape index (κ2) is 9.12. The number of anilines is 1. The van der Waals surface area contributed by atoms with Crippen LogP contribution in [-0.4, -0.2) is 33.0 Å². The van der Waals surface area contributed by atoms with Gasteiger partial charge >= 0.3 is 11.9 Å². The van der Waals surface area contributed by atoms with Gasteiger partial charge in [0.1, 0.15) is 40.4 Å². The number of carbonyl (C=O) groups excluding carboxylic acids is 1. The van der Waals surface area contributed by atoms with Crippen molar-refractivity contribution in [1.82, 2.24) is 14.3 Å². The van der Waals surface area contributed by atoms with Crippen LogP contribution in [0.2, 0.25) is 0 Å². The van der Waals surface area contributed by atoms with Crippen LogP contribution in [0.1, 0.15) is 29.0 Å². The normalized spacial score (nSPS) is 13.7. The molecule has 7 nitrogen and oxygen atoms in total. The Balaban J connectivity index is 1.76. The van der Waals surface area contributed by atoms with Crippen molar-refractivity contribution in [2.45, 2.75) is 32.5 Å². The third-order valence-corrected chi connectivity index (χ3v) is 5.30. The third-order valence-electron chi connectivity index (χ3n) is 5.30. The number of nitrogens with zero attached hydrogens (tertiary/aromatic N) is 3. The molecule has 2 aromatic carbocycles. The summed E-state index contributed by atoms with van der Waals surface area (Å²) in [5, 5.41) is 5.85. The monoisotopic (exact) mass is 500 g/mol. The standard InChI is InChI=1S/C22H18F6N4O3/c1-11-30-32(21(34)31(11)9-12-5-6-12)17-8-18(35-10-22(26,27)28)13(7-16(17)25)20(33)29-19-14(23)3-2-4-15(19)24/h2-4,7-8,12H,5-6,9-10H2,1H3,(H,29,33). The van der Waals surface area contributed by atoms with Crippen molar-refractivity contribution in [3.63, 3.8) is 0 Å². The third kappa shape index (κ3) is 5.33. The number of nitrogens with one attached hydrogen (secondary N) is 1. The number of rotatable bonds is 7. The highest BCUT2D eigenvalue weighted by Gasteiger charge is 2.31. The highest BCUT2D eigenvalue weighted by atomic mass is 19.4. The highest BCUT2D eigenvalue weighted by molar-refractivity contribution is 6.06. The topological polar surface area (TPSA) is 78.2 Å². The van der Waals surface area contributed by atoms with Crippen LogP contribution >= 0.6 is 0 Å². The molecule has 1 N–H and O–H groups in total. The molecule has 1 fully saturated rings. The Morgan fingerprint density at radius 3 is 2.40 bits per heavy atom. The average Bonchev–Trinajstić information content (AvgIpc) is 3.56. The number of aryl methyl sites for hydroxylation is 1. The van der Waals surface area contributed by atoms with Crippen molar-refractivity contribution in [1.29, 1.82) is 0 Å². The van der Waals surface area contributed by atoms with E-state index >= 15 is 4.39 Å². The number of hydrogen-bond donors (Lipinski definition) is 1. The molecule has 0 spiro atoms. The van der Waals surface area contributed by atoms with Gasteiger partial charge in [-0.05, 0) is 43.9 Å². The lowest BCUT2D eigenvalue weighted by atomic mass is 10.1. The Hall–Kier alpha value is -3.77. The molecule has 1 aliphatic rings. The lowest BCUT2D eigenvalue weighted by Gasteiger charge is -2.15. The summed E-state index contributed by atoms with van der Waals surface area (Å²) in [6, 6.07) is 3.95. The van der Waals surface area contributed by atoms with Crippen molar-refractivity contribution < 1.29 is 35.9 Å². The summed E-state index contributed by atoms with van der Waals surface area (Å²) in [4.78, 5) is 25.4. The molecule has 1 aromatic heterocycles. The van der Waals surface area contributed by atoms with E-state index in [9.17, 15) is 31.5 Å². The van der Waals surface area contributed by atoms with Gasteiger partial charge in [-0.3, -0.25) is 9.36 Å². The summed E-state index contributed by atoms with van der Waals surface area (Å²) in [5.74, 6) is -5.07. The SMILES string of the molecule is Cc1nn(-c2cc(OCC(F)(F)F)c(C(=O)Nc3c(F)cccc3F)cc2F)c(=O)n1CC1CC1. The summed E-state index contributed by atoms with van der Waals surface area (Å²) in [5.41, 5.74) is -2.94. The van der Waals surface area contributed by atoms with Crippen molar-refractivity contribution >= 4 is 11.6 Å². The zero-order valence-corrected chi connectivity index (χ0v) is 18.1. The van der Waals surface area contributed by atoms with E-state index in [1.54, 1.807) is 0 Å². The van der Waals surface area contributed by atoms with Gasteiger partial charge in [0.15, 0.2) is 6.61 Å². The lowest BCUT2D eigenvalue weighted by molar-refractivity contribution is -0.153. The van der Waals surface area contributed by atoms with E-state index in [0.717, 1.165) is 31.0 Å². The Bertz CT molecular complexity index is 1320. The van der Waals surface area contributed by atoms with Crippen LogP contribution in [0.4, 0.5) is 32.0 Å². The molecule has 1 amide bonds. The first-order valence-electron chi connectivity index (χ1n) is 10.4. The maximum Gasteiger partial charge on any atom is 0.422 e. The van der Waals surface area contributed by atoms with Gasteiger partial charge in [-0.25, -0.2) is 18.0 Å². The molecule has 13 heteroatoms. The Morgan fingerprint density at radius 2 is 1.80 bits per heavy atom. The van der Waals surface area contributed by atoms with Crippen LogP contribution in [0.15, 0.2) is 35.1 Å². The zero-order valence-electron chi connectivity index (χ0n) is 18.1. The first kappa shape index (κ1) is 24.4. The van der Waals surface area contributed by atoms with E-state index in [4.69, 9.17) is 4.74 Å². The number of amides is 1. The van der Waals surface area contributed by atoms with E-state index in [0.29, 0.717) is 23.4 Å². The second-order valence-electron chi connectivity index (χ2n) is 8.05. The minimum atomic E-state index is -4.82. The first-order valence-corrected chi connectivity index (χ1v) is 10.4. The minimum absolute atomic E-state index is 0.260. The Labute approximate surface area is 193 Å². The number of aromatic nitrogens is 3. The fraction of sp³-hybridized carbons (Fsp3) is 0.318. The van der Waals surface area contributed by atoms with Gasteiger partial charge in [0.25, 0.3) is 5.91 Å².